The van der Waals surface area contributed by atoms with Crippen LogP contribution in [0.15, 0.2) is 0 Å². The van der Waals surface area contributed by atoms with E-state index in [1.165, 1.54) is 4.90 Å². The van der Waals surface area contributed by atoms with Crippen molar-refractivity contribution >= 4 is 30.5 Å². The van der Waals surface area contributed by atoms with Gasteiger partial charge in [0.05, 0.1) is 5.41 Å². The quantitative estimate of drug-likeness (QED) is 0.471. The van der Waals surface area contributed by atoms with Gasteiger partial charge in [0.1, 0.15) is 6.04 Å². The summed E-state index contributed by atoms with van der Waals surface area (Å²) in [6.07, 6.45) is 1.32. The normalized spacial score (nSPS) is 19.7. The molecule has 1 aliphatic rings. The third-order valence-electron chi connectivity index (χ3n) is 3.51. The van der Waals surface area contributed by atoms with Crippen LogP contribution in [0, 0.1) is 11.3 Å². The molecular weight excluding hydrogens is 306 g/mol. The van der Waals surface area contributed by atoms with E-state index in [-0.39, 0.29) is 11.8 Å². The number of nitrogens with zero attached hydrogens (tertiary/aromatic N) is 1. The van der Waals surface area contributed by atoms with Gasteiger partial charge in [-0.05, 0) is 33.6 Å². The molecule has 1 fully saturated rings. The topological polar surface area (TPSA) is 72.9 Å². The van der Waals surface area contributed by atoms with Crippen molar-refractivity contribution in [3.8, 4) is 0 Å². The number of carbonyl (C=O) groups excluding carboxylic acids is 3. The lowest BCUT2D eigenvalue weighted by Gasteiger charge is -2.25. The maximum Gasteiger partial charge on any atom is 0.331 e. The average Bonchev–Trinajstić information content (AvgIpc) is 2.93. The van der Waals surface area contributed by atoms with Gasteiger partial charge in [-0.2, -0.15) is 12.6 Å². The third kappa shape index (κ3) is 4.90. The zero-order valence-electron chi connectivity index (χ0n) is 13.6. The number of thiol groups is 1. The van der Waals surface area contributed by atoms with Crippen LogP contribution < -0.4 is 0 Å². The van der Waals surface area contributed by atoms with Crippen LogP contribution >= 0.6 is 12.6 Å². The summed E-state index contributed by atoms with van der Waals surface area (Å²) in [7, 11) is 0. The average molecular weight is 331 g/mol. The van der Waals surface area contributed by atoms with Gasteiger partial charge < -0.3 is 14.4 Å². The number of hydrogen-bond donors (Lipinski definition) is 1. The molecule has 0 bridgehead atoms. The first-order chi connectivity index (χ1) is 10.2. The molecule has 0 aromatic carbocycles. The Morgan fingerprint density at radius 2 is 1.91 bits per heavy atom. The molecular formula is C15H25NO5S. The van der Waals surface area contributed by atoms with E-state index in [1.807, 2.05) is 0 Å². The third-order valence-corrected chi connectivity index (χ3v) is 4.05. The summed E-state index contributed by atoms with van der Waals surface area (Å²) in [4.78, 5) is 37.4. The van der Waals surface area contributed by atoms with E-state index in [0.717, 1.165) is 6.42 Å². The van der Waals surface area contributed by atoms with Crippen molar-refractivity contribution < 1.29 is 23.9 Å². The predicted octanol–water partition coefficient (Wildman–Crippen LogP) is 1.63. The fraction of sp³-hybridized carbons (Fsp3) is 0.800. The van der Waals surface area contributed by atoms with Gasteiger partial charge in [-0.15, -0.1) is 0 Å². The zero-order valence-corrected chi connectivity index (χ0v) is 14.5. The molecule has 0 saturated carbocycles. The smallest absolute Gasteiger partial charge is 0.331 e. The Morgan fingerprint density at radius 3 is 2.45 bits per heavy atom. The van der Waals surface area contributed by atoms with Crippen LogP contribution in [0.1, 0.15) is 40.5 Å². The van der Waals surface area contributed by atoms with E-state index in [4.69, 9.17) is 9.47 Å². The van der Waals surface area contributed by atoms with E-state index in [2.05, 4.69) is 12.6 Å². The van der Waals surface area contributed by atoms with Crippen molar-refractivity contribution in [1.29, 1.82) is 0 Å². The Morgan fingerprint density at radius 1 is 1.27 bits per heavy atom. The van der Waals surface area contributed by atoms with Crippen LogP contribution in [0.4, 0.5) is 0 Å². The van der Waals surface area contributed by atoms with Crippen molar-refractivity contribution in [1.82, 2.24) is 4.90 Å². The maximum atomic E-state index is 12.2. The summed E-state index contributed by atoms with van der Waals surface area (Å²) in [6, 6.07) is -0.594. The number of amides is 1. The highest BCUT2D eigenvalue weighted by Gasteiger charge is 2.36. The molecule has 1 saturated heterocycles. The van der Waals surface area contributed by atoms with Crippen molar-refractivity contribution in [3.63, 3.8) is 0 Å². The van der Waals surface area contributed by atoms with E-state index < -0.39 is 30.2 Å². The van der Waals surface area contributed by atoms with Crippen molar-refractivity contribution in [3.05, 3.63) is 0 Å². The fourth-order valence-electron chi connectivity index (χ4n) is 2.09. The van der Waals surface area contributed by atoms with E-state index in [9.17, 15) is 14.4 Å². The van der Waals surface area contributed by atoms with Crippen LogP contribution in [0.3, 0.4) is 0 Å². The predicted molar refractivity (Wildman–Crippen MR) is 84.3 cm³/mol. The first kappa shape index (κ1) is 18.8. The Balaban J connectivity index is 2.51. The summed E-state index contributed by atoms with van der Waals surface area (Å²) in [5.41, 5.74) is -0.649. The minimum Gasteiger partial charge on any atom is -0.427 e. The Kier molecular flexibility index (Phi) is 6.71. The second-order valence-electron chi connectivity index (χ2n) is 6.54. The first-order valence-corrected chi connectivity index (χ1v) is 8.07. The lowest BCUT2D eigenvalue weighted by Crippen LogP contribution is -2.44. The van der Waals surface area contributed by atoms with E-state index >= 15 is 0 Å². The Bertz CT molecular complexity index is 432. The van der Waals surface area contributed by atoms with Gasteiger partial charge in [-0.3, -0.25) is 9.59 Å². The van der Waals surface area contributed by atoms with Gasteiger partial charge in [0.25, 0.3) is 0 Å². The number of esters is 2. The number of likely N-dealkylation sites (tertiary alicyclic amines) is 1. The number of carbonyl (C=O) groups is 3. The maximum absolute atomic E-state index is 12.2. The Labute approximate surface area is 136 Å². The molecule has 6 nitrogen and oxygen atoms in total. The number of ether oxygens (including phenoxy) is 2. The fourth-order valence-corrected chi connectivity index (χ4v) is 2.25. The molecule has 0 spiro atoms. The van der Waals surface area contributed by atoms with E-state index in [0.29, 0.717) is 18.7 Å². The monoisotopic (exact) mass is 331 g/mol. The SMILES string of the molecule is CC(CS)C(=O)N1CCC[C@H]1C(=O)OCOC(=O)C(C)(C)C. The van der Waals surface area contributed by atoms with E-state index in [1.54, 1.807) is 27.7 Å². The largest absolute Gasteiger partial charge is 0.427 e. The van der Waals surface area contributed by atoms with Crippen molar-refractivity contribution in [2.75, 3.05) is 19.1 Å². The van der Waals surface area contributed by atoms with Gasteiger partial charge in [-0.1, -0.05) is 6.92 Å². The second kappa shape index (κ2) is 7.85. The number of hydrogen-bond acceptors (Lipinski definition) is 6. The summed E-state index contributed by atoms with van der Waals surface area (Å²) in [5.74, 6) is -0.876. The molecule has 126 valence electrons. The van der Waals surface area contributed by atoms with Crippen LogP contribution in [0.25, 0.3) is 0 Å². The van der Waals surface area contributed by atoms with Gasteiger partial charge in [0.15, 0.2) is 0 Å². The molecule has 1 rings (SSSR count). The van der Waals surface area contributed by atoms with Gasteiger partial charge in [0.2, 0.25) is 12.7 Å². The van der Waals surface area contributed by atoms with Crippen LogP contribution in [0.2, 0.25) is 0 Å². The summed E-state index contributed by atoms with van der Waals surface area (Å²) in [6.45, 7) is 7.05. The molecule has 0 N–H and O–H groups in total. The molecule has 0 aromatic rings. The molecule has 0 aromatic heterocycles. The highest BCUT2D eigenvalue weighted by Crippen LogP contribution is 2.21. The molecule has 1 heterocycles. The van der Waals surface area contributed by atoms with Gasteiger partial charge >= 0.3 is 11.9 Å². The second-order valence-corrected chi connectivity index (χ2v) is 6.90. The minimum absolute atomic E-state index is 0.0962. The van der Waals surface area contributed by atoms with Gasteiger partial charge in [0, 0.05) is 18.2 Å². The van der Waals surface area contributed by atoms with Gasteiger partial charge in [-0.25, -0.2) is 4.79 Å². The van der Waals surface area contributed by atoms with Crippen LogP contribution in [-0.2, 0) is 23.9 Å². The summed E-state index contributed by atoms with van der Waals surface area (Å²) < 4.78 is 9.89. The molecule has 1 aliphatic heterocycles. The Hall–Kier alpha value is -1.24. The molecule has 0 aliphatic carbocycles. The molecule has 22 heavy (non-hydrogen) atoms. The number of rotatable bonds is 5. The molecule has 1 unspecified atom stereocenters. The highest BCUT2D eigenvalue weighted by molar-refractivity contribution is 7.80. The molecule has 1 amide bonds. The van der Waals surface area contributed by atoms with Crippen molar-refractivity contribution in [2.24, 2.45) is 11.3 Å². The van der Waals surface area contributed by atoms with Crippen molar-refractivity contribution in [2.45, 2.75) is 46.6 Å². The lowest BCUT2D eigenvalue weighted by atomic mass is 9.98. The molecule has 7 heteroatoms. The van der Waals surface area contributed by atoms with Crippen LogP contribution in [0.5, 0.6) is 0 Å². The molecule has 0 radical (unpaired) electrons. The summed E-state index contributed by atoms with van der Waals surface area (Å²) in [5, 5.41) is 0. The highest BCUT2D eigenvalue weighted by atomic mass is 32.1. The summed E-state index contributed by atoms with van der Waals surface area (Å²) >= 11 is 4.11. The minimum atomic E-state index is -0.649. The van der Waals surface area contributed by atoms with Crippen LogP contribution in [-0.4, -0.2) is 47.9 Å². The first-order valence-electron chi connectivity index (χ1n) is 7.43. The zero-order chi connectivity index (χ0) is 16.9. The standard InChI is InChI=1S/C15H25NO5S/c1-10(8-22)12(17)16-7-5-6-11(16)13(18)20-9-21-14(19)15(2,3)4/h10-11,22H,5-9H2,1-4H3/t10?,11-/m0/s1. The molecule has 2 atom stereocenters. The lowest BCUT2D eigenvalue weighted by molar-refractivity contribution is -0.176.